The maximum absolute atomic E-state index is 12.4. The molecule has 0 saturated carbocycles. The number of aryl methyl sites for hydroxylation is 1. The van der Waals surface area contributed by atoms with E-state index in [1.165, 1.54) is 0 Å². The fourth-order valence-electron chi connectivity index (χ4n) is 2.47. The van der Waals surface area contributed by atoms with Crippen LogP contribution in [-0.2, 0) is 6.42 Å². The van der Waals surface area contributed by atoms with Crippen molar-refractivity contribution in [2.24, 2.45) is 10.7 Å². The van der Waals surface area contributed by atoms with Crippen molar-refractivity contribution < 1.29 is 0 Å². The number of para-hydroxylation sites is 1. The average Bonchev–Trinajstić information content (AvgIpc) is 2.60. The molecule has 25 heavy (non-hydrogen) atoms. The molecular formula is C19H19N5O. The van der Waals surface area contributed by atoms with Gasteiger partial charge in [0.2, 0.25) is 11.9 Å². The summed E-state index contributed by atoms with van der Waals surface area (Å²) in [5.74, 6) is 0.338. The van der Waals surface area contributed by atoms with Crippen LogP contribution < -0.4 is 16.6 Å². The molecule has 3 rings (SSSR count). The molecule has 1 heterocycles. The first kappa shape index (κ1) is 16.4. The molecule has 0 aliphatic rings. The number of hydrogen-bond acceptors (Lipinski definition) is 3. The summed E-state index contributed by atoms with van der Waals surface area (Å²) in [7, 11) is 0. The van der Waals surface area contributed by atoms with Crippen molar-refractivity contribution >= 4 is 17.6 Å². The number of anilines is 1. The number of aromatic nitrogens is 2. The van der Waals surface area contributed by atoms with Crippen molar-refractivity contribution in [3.8, 4) is 0 Å². The molecule has 0 radical (unpaired) electrons. The minimum Gasteiger partial charge on any atom is -0.369 e. The van der Waals surface area contributed by atoms with Crippen molar-refractivity contribution in [1.29, 1.82) is 0 Å². The molecule has 1 aromatic heterocycles. The molecule has 6 heteroatoms. The molecule has 6 nitrogen and oxygen atoms in total. The molecule has 0 spiro atoms. The van der Waals surface area contributed by atoms with Crippen LogP contribution in [0.1, 0.15) is 16.8 Å². The van der Waals surface area contributed by atoms with Crippen LogP contribution in [0.4, 0.5) is 11.6 Å². The van der Waals surface area contributed by atoms with Crippen LogP contribution in [0, 0.1) is 6.92 Å². The van der Waals surface area contributed by atoms with Crippen molar-refractivity contribution in [3.05, 3.63) is 87.8 Å². The number of aromatic amines is 1. The lowest BCUT2D eigenvalue weighted by molar-refractivity contribution is 0.973. The standard InChI is InChI=1S/C19H19N5O/c1-13-16(12-14-8-4-2-5-9-14)17(25)23-19(21-13)24-18(20)22-15-10-6-3-7-11-15/h2-11H,12H2,1H3,(H4,20,21,22,23,24,25). The van der Waals surface area contributed by atoms with Crippen LogP contribution in [0.3, 0.4) is 0 Å². The zero-order chi connectivity index (χ0) is 17.6. The summed E-state index contributed by atoms with van der Waals surface area (Å²) >= 11 is 0. The van der Waals surface area contributed by atoms with Crippen molar-refractivity contribution in [2.45, 2.75) is 13.3 Å². The number of benzene rings is 2. The maximum Gasteiger partial charge on any atom is 0.256 e. The molecule has 126 valence electrons. The molecule has 0 aliphatic heterocycles. The van der Waals surface area contributed by atoms with Crippen molar-refractivity contribution in [1.82, 2.24) is 9.97 Å². The highest BCUT2D eigenvalue weighted by Crippen LogP contribution is 2.11. The Kier molecular flexibility index (Phi) is 4.89. The van der Waals surface area contributed by atoms with Gasteiger partial charge in [0.1, 0.15) is 0 Å². The molecule has 0 unspecified atom stereocenters. The summed E-state index contributed by atoms with van der Waals surface area (Å²) in [6.45, 7) is 1.80. The van der Waals surface area contributed by atoms with Gasteiger partial charge < -0.3 is 11.1 Å². The smallest absolute Gasteiger partial charge is 0.256 e. The molecule has 0 bridgehead atoms. The number of rotatable bonds is 4. The molecular weight excluding hydrogens is 314 g/mol. The van der Waals surface area contributed by atoms with Gasteiger partial charge in [0.15, 0.2) is 0 Å². The first-order valence-electron chi connectivity index (χ1n) is 7.92. The molecule has 4 N–H and O–H groups in total. The monoisotopic (exact) mass is 333 g/mol. The highest BCUT2D eigenvalue weighted by molar-refractivity contribution is 5.93. The van der Waals surface area contributed by atoms with Crippen molar-refractivity contribution in [2.75, 3.05) is 5.32 Å². The highest BCUT2D eigenvalue weighted by Gasteiger charge is 2.09. The van der Waals surface area contributed by atoms with E-state index in [1.54, 1.807) is 6.92 Å². The predicted octanol–water partition coefficient (Wildman–Crippen LogP) is 2.73. The predicted molar refractivity (Wildman–Crippen MR) is 100 cm³/mol. The number of aliphatic imine (C=N–C) groups is 1. The van der Waals surface area contributed by atoms with Gasteiger partial charge in [0.25, 0.3) is 5.56 Å². The fraction of sp³-hybridized carbons (Fsp3) is 0.105. The van der Waals surface area contributed by atoms with Crippen LogP contribution >= 0.6 is 0 Å². The number of nitrogens with one attached hydrogen (secondary N) is 2. The van der Waals surface area contributed by atoms with Crippen LogP contribution in [0.2, 0.25) is 0 Å². The van der Waals surface area contributed by atoms with Crippen molar-refractivity contribution in [3.63, 3.8) is 0 Å². The van der Waals surface area contributed by atoms with E-state index in [-0.39, 0.29) is 17.5 Å². The van der Waals surface area contributed by atoms with Gasteiger partial charge in [0.05, 0.1) is 5.69 Å². The first-order chi connectivity index (χ1) is 12.1. The van der Waals surface area contributed by atoms with E-state index in [4.69, 9.17) is 5.73 Å². The first-order valence-corrected chi connectivity index (χ1v) is 7.92. The van der Waals surface area contributed by atoms with Gasteiger partial charge in [-0.15, -0.1) is 0 Å². The van der Waals surface area contributed by atoms with Gasteiger partial charge >= 0.3 is 0 Å². The third-order valence-corrected chi connectivity index (χ3v) is 3.71. The molecule has 0 amide bonds. The Hall–Kier alpha value is -3.41. The maximum atomic E-state index is 12.4. The topological polar surface area (TPSA) is 96.2 Å². The van der Waals surface area contributed by atoms with E-state index >= 15 is 0 Å². The van der Waals surface area contributed by atoms with E-state index in [1.807, 2.05) is 60.7 Å². The second-order valence-corrected chi connectivity index (χ2v) is 5.60. The largest absolute Gasteiger partial charge is 0.369 e. The lowest BCUT2D eigenvalue weighted by Crippen LogP contribution is -2.23. The molecule has 0 saturated heterocycles. The highest BCUT2D eigenvalue weighted by atomic mass is 16.1. The molecule has 0 fully saturated rings. The van der Waals surface area contributed by atoms with Crippen LogP contribution in [0.25, 0.3) is 0 Å². The minimum atomic E-state index is -0.206. The van der Waals surface area contributed by atoms with Crippen LogP contribution in [0.15, 0.2) is 70.5 Å². The summed E-state index contributed by atoms with van der Waals surface area (Å²) in [6.07, 6.45) is 0.525. The van der Waals surface area contributed by atoms with E-state index in [0.717, 1.165) is 11.3 Å². The fourth-order valence-corrected chi connectivity index (χ4v) is 2.47. The lowest BCUT2D eigenvalue weighted by Gasteiger charge is -2.07. The zero-order valence-corrected chi connectivity index (χ0v) is 13.9. The minimum absolute atomic E-state index is 0.157. The Morgan fingerprint density at radius 1 is 1.12 bits per heavy atom. The zero-order valence-electron chi connectivity index (χ0n) is 13.9. The quantitative estimate of drug-likeness (QED) is 0.505. The van der Waals surface area contributed by atoms with Crippen LogP contribution in [0.5, 0.6) is 0 Å². The van der Waals surface area contributed by atoms with Crippen LogP contribution in [-0.4, -0.2) is 15.9 Å². The Bertz CT molecular complexity index is 933. The van der Waals surface area contributed by atoms with E-state index in [2.05, 4.69) is 20.3 Å². The van der Waals surface area contributed by atoms with Gasteiger partial charge in [0, 0.05) is 17.7 Å². The van der Waals surface area contributed by atoms with E-state index < -0.39 is 0 Å². The molecule has 0 atom stereocenters. The summed E-state index contributed by atoms with van der Waals surface area (Å²) in [6, 6.07) is 19.2. The summed E-state index contributed by atoms with van der Waals surface area (Å²) in [5.41, 5.74) is 8.80. The van der Waals surface area contributed by atoms with E-state index in [9.17, 15) is 4.79 Å². The Labute approximate surface area is 145 Å². The average molecular weight is 333 g/mol. The second-order valence-electron chi connectivity index (χ2n) is 5.60. The number of H-pyrrole nitrogens is 1. The van der Waals surface area contributed by atoms with Gasteiger partial charge in [-0.05, 0) is 24.6 Å². The number of nitrogens with two attached hydrogens (primary N) is 1. The van der Waals surface area contributed by atoms with E-state index in [0.29, 0.717) is 17.7 Å². The van der Waals surface area contributed by atoms with Gasteiger partial charge in [-0.1, -0.05) is 48.5 Å². The third kappa shape index (κ3) is 4.32. The molecule has 0 aliphatic carbocycles. The number of hydrogen-bond donors (Lipinski definition) is 3. The van der Waals surface area contributed by atoms with Gasteiger partial charge in [-0.25, -0.2) is 4.98 Å². The summed E-state index contributed by atoms with van der Waals surface area (Å²) in [4.78, 5) is 23.5. The molecule has 3 aromatic rings. The second kappa shape index (κ2) is 7.44. The normalized spacial score (nSPS) is 11.3. The molecule has 2 aromatic carbocycles. The number of guanidine groups is 1. The van der Waals surface area contributed by atoms with Gasteiger partial charge in [-0.3, -0.25) is 9.78 Å². The van der Waals surface area contributed by atoms with Gasteiger partial charge in [-0.2, -0.15) is 4.99 Å². The lowest BCUT2D eigenvalue weighted by atomic mass is 10.1. The SMILES string of the molecule is Cc1nc(/N=C(\N)Nc2ccccc2)[nH]c(=O)c1Cc1ccccc1. The number of nitrogens with zero attached hydrogens (tertiary/aromatic N) is 2. The summed E-state index contributed by atoms with van der Waals surface area (Å²) in [5, 5.41) is 2.95. The Morgan fingerprint density at radius 3 is 2.40 bits per heavy atom. The Balaban J connectivity index is 1.82. The third-order valence-electron chi connectivity index (χ3n) is 3.71. The Morgan fingerprint density at radius 2 is 1.76 bits per heavy atom. The summed E-state index contributed by atoms with van der Waals surface area (Å²) < 4.78 is 0.